The molecule has 0 radical (unpaired) electrons. The molecule has 0 aliphatic carbocycles. The van der Waals surface area contributed by atoms with Crippen LogP contribution in [0.2, 0.25) is 0 Å². The molecule has 8 heteroatoms. The Bertz CT molecular complexity index is 387. The summed E-state index contributed by atoms with van der Waals surface area (Å²) in [6, 6.07) is 2.18. The van der Waals surface area contributed by atoms with E-state index >= 15 is 0 Å². The molecule has 0 aromatic heterocycles. The van der Waals surface area contributed by atoms with Crippen molar-refractivity contribution in [1.82, 2.24) is 0 Å². The number of methoxy groups -OCH3 is 1. The van der Waals surface area contributed by atoms with Crippen LogP contribution in [0.5, 0.6) is 5.75 Å². The van der Waals surface area contributed by atoms with E-state index in [1.165, 1.54) is 7.11 Å². The molecule has 0 heterocycles. The van der Waals surface area contributed by atoms with E-state index in [-0.39, 0.29) is 58.0 Å². The molecule has 0 saturated carbocycles. The van der Waals surface area contributed by atoms with Crippen LogP contribution in [0, 0.1) is 5.82 Å². The summed E-state index contributed by atoms with van der Waals surface area (Å²) in [6.45, 7) is -3.56. The van der Waals surface area contributed by atoms with Crippen molar-refractivity contribution >= 4 is 12.4 Å². The Labute approximate surface area is 146 Å². The smallest absolute Gasteiger partial charge is 0.491 e. The summed E-state index contributed by atoms with van der Waals surface area (Å²) in [5, 5.41) is 0. The third-order valence-corrected chi connectivity index (χ3v) is 2.06. The fourth-order valence-corrected chi connectivity index (χ4v) is 1.37. The summed E-state index contributed by atoms with van der Waals surface area (Å²) < 4.78 is 60.6. The van der Waals surface area contributed by atoms with Crippen molar-refractivity contribution in [2.45, 2.75) is 13.0 Å². The standard InChI is InChI=1S/C10H12BF4O2.K/c1-7(6-16-2)17-10-5-8(12)3-4-9(10)11(13,14)15;/h3-5,7H,6H2,1-2H3;/q-1;+1. The molecular weight excluding hydrogens is 278 g/mol. The maximum Gasteiger partial charge on any atom is 1.00 e. The summed E-state index contributed by atoms with van der Waals surface area (Å²) >= 11 is 0. The average molecular weight is 290 g/mol. The predicted octanol–water partition coefficient (Wildman–Crippen LogP) is -0.702. The van der Waals surface area contributed by atoms with Gasteiger partial charge in [0.1, 0.15) is 11.9 Å². The molecule has 0 aliphatic heterocycles. The van der Waals surface area contributed by atoms with Crippen LogP contribution in [0.1, 0.15) is 6.92 Å². The molecule has 96 valence electrons. The van der Waals surface area contributed by atoms with Gasteiger partial charge in [-0.05, 0) is 13.0 Å². The van der Waals surface area contributed by atoms with Crippen LogP contribution < -0.4 is 61.6 Å². The van der Waals surface area contributed by atoms with Crippen LogP contribution >= 0.6 is 0 Å². The summed E-state index contributed by atoms with van der Waals surface area (Å²) in [6.07, 6.45) is -0.585. The Balaban J connectivity index is 0.00000289. The second kappa shape index (κ2) is 7.86. The van der Waals surface area contributed by atoms with Gasteiger partial charge in [0.25, 0.3) is 0 Å². The molecule has 18 heavy (non-hydrogen) atoms. The van der Waals surface area contributed by atoms with Crippen LogP contribution in [-0.2, 0) is 4.74 Å². The molecule has 1 aromatic rings. The van der Waals surface area contributed by atoms with Crippen LogP contribution in [0.4, 0.5) is 17.3 Å². The number of ether oxygens (including phenoxy) is 2. The van der Waals surface area contributed by atoms with E-state index in [1.54, 1.807) is 6.92 Å². The van der Waals surface area contributed by atoms with Crippen molar-refractivity contribution in [1.29, 1.82) is 0 Å². The first kappa shape index (κ1) is 18.4. The Kier molecular flexibility index (Phi) is 8.04. The molecule has 2 nitrogen and oxygen atoms in total. The second-order valence-electron chi connectivity index (χ2n) is 3.64. The van der Waals surface area contributed by atoms with Crippen molar-refractivity contribution in [3.63, 3.8) is 0 Å². The van der Waals surface area contributed by atoms with Gasteiger partial charge in [0, 0.05) is 13.2 Å². The molecule has 1 atom stereocenters. The van der Waals surface area contributed by atoms with Crippen molar-refractivity contribution < 1.29 is 78.2 Å². The molecule has 1 aromatic carbocycles. The molecule has 0 bridgehead atoms. The minimum absolute atomic E-state index is 0. The van der Waals surface area contributed by atoms with Crippen LogP contribution in [-0.4, -0.2) is 26.8 Å². The Hall–Kier alpha value is 0.401. The normalized spacial score (nSPS) is 12.8. The molecule has 1 unspecified atom stereocenters. The average Bonchev–Trinajstić information content (AvgIpc) is 2.15. The molecule has 0 spiro atoms. The zero-order valence-corrected chi connectivity index (χ0v) is 13.5. The van der Waals surface area contributed by atoms with Gasteiger partial charge in [-0.3, -0.25) is 0 Å². The zero-order valence-electron chi connectivity index (χ0n) is 10.4. The first-order chi connectivity index (χ1) is 7.84. The Morgan fingerprint density at radius 3 is 2.39 bits per heavy atom. The van der Waals surface area contributed by atoms with Crippen LogP contribution in [0.3, 0.4) is 0 Å². The number of rotatable bonds is 5. The van der Waals surface area contributed by atoms with Gasteiger partial charge in [-0.1, -0.05) is 11.5 Å². The van der Waals surface area contributed by atoms with Gasteiger partial charge in [-0.2, -0.15) is 0 Å². The molecular formula is C10H12BF4KO2. The van der Waals surface area contributed by atoms with Gasteiger partial charge in [-0.15, -0.1) is 0 Å². The van der Waals surface area contributed by atoms with Crippen LogP contribution in [0.15, 0.2) is 18.2 Å². The van der Waals surface area contributed by atoms with Gasteiger partial charge in [0.05, 0.1) is 12.4 Å². The third-order valence-electron chi connectivity index (χ3n) is 2.06. The number of halogens is 4. The van der Waals surface area contributed by atoms with Gasteiger partial charge in [0.15, 0.2) is 0 Å². The van der Waals surface area contributed by atoms with E-state index in [1.807, 2.05) is 0 Å². The topological polar surface area (TPSA) is 18.5 Å². The SMILES string of the molecule is COCC(C)Oc1cc(F)ccc1[B-](F)(F)F.[K+]. The summed E-state index contributed by atoms with van der Waals surface area (Å²) in [7, 11) is 1.40. The molecule has 0 fully saturated rings. The van der Waals surface area contributed by atoms with Gasteiger partial charge < -0.3 is 22.4 Å². The fraction of sp³-hybridized carbons (Fsp3) is 0.400. The van der Waals surface area contributed by atoms with Gasteiger partial charge >= 0.3 is 58.4 Å². The minimum atomic E-state index is -5.23. The van der Waals surface area contributed by atoms with E-state index in [2.05, 4.69) is 0 Å². The number of hydrogen-bond acceptors (Lipinski definition) is 2. The zero-order chi connectivity index (χ0) is 13.1. The quantitative estimate of drug-likeness (QED) is 0.527. The summed E-state index contributed by atoms with van der Waals surface area (Å²) in [5.74, 6) is -1.27. The van der Waals surface area contributed by atoms with Gasteiger partial charge in [-0.25, -0.2) is 4.39 Å². The Morgan fingerprint density at radius 2 is 1.89 bits per heavy atom. The van der Waals surface area contributed by atoms with Gasteiger partial charge in [0.2, 0.25) is 0 Å². The third kappa shape index (κ3) is 5.58. The number of benzene rings is 1. The Morgan fingerprint density at radius 1 is 1.28 bits per heavy atom. The largest absolute Gasteiger partial charge is 1.00 e. The predicted molar refractivity (Wildman–Crippen MR) is 57.1 cm³/mol. The molecule has 0 aliphatic rings. The maximum atomic E-state index is 12.9. The molecule has 0 saturated heterocycles. The minimum Gasteiger partial charge on any atom is -0.491 e. The van der Waals surface area contributed by atoms with E-state index in [0.717, 1.165) is 12.1 Å². The number of hydrogen-bond donors (Lipinski definition) is 0. The van der Waals surface area contributed by atoms with Crippen molar-refractivity contribution in [3.05, 3.63) is 24.0 Å². The second-order valence-corrected chi connectivity index (χ2v) is 3.64. The summed E-state index contributed by atoms with van der Waals surface area (Å²) in [5.41, 5.74) is -0.936. The van der Waals surface area contributed by atoms with Crippen molar-refractivity contribution in [3.8, 4) is 5.75 Å². The first-order valence-corrected chi connectivity index (χ1v) is 4.99. The molecule has 1 rings (SSSR count). The maximum absolute atomic E-state index is 12.9. The van der Waals surface area contributed by atoms with Crippen molar-refractivity contribution in [2.75, 3.05) is 13.7 Å². The summed E-state index contributed by atoms with van der Waals surface area (Å²) in [4.78, 5) is 0. The molecule has 0 amide bonds. The van der Waals surface area contributed by atoms with Crippen molar-refractivity contribution in [2.24, 2.45) is 0 Å². The van der Waals surface area contributed by atoms with E-state index in [0.29, 0.717) is 6.07 Å². The first-order valence-electron chi connectivity index (χ1n) is 4.99. The van der Waals surface area contributed by atoms with Crippen LogP contribution in [0.25, 0.3) is 0 Å². The monoisotopic (exact) mass is 290 g/mol. The van der Waals surface area contributed by atoms with E-state index in [4.69, 9.17) is 9.47 Å². The van der Waals surface area contributed by atoms with E-state index < -0.39 is 30.1 Å². The fourth-order valence-electron chi connectivity index (χ4n) is 1.37. The van der Waals surface area contributed by atoms with E-state index in [9.17, 15) is 17.3 Å². The molecule has 0 N–H and O–H groups in total.